The van der Waals surface area contributed by atoms with Gasteiger partial charge in [0.25, 0.3) is 0 Å². The second-order valence-electron chi connectivity index (χ2n) is 4.28. The molecule has 1 aromatic heterocycles. The Labute approximate surface area is 121 Å². The molecule has 0 atom stereocenters. The Balaban J connectivity index is 2.32. The lowest BCUT2D eigenvalue weighted by Crippen LogP contribution is -2.30. The smallest absolute Gasteiger partial charge is 0.323 e. The van der Waals surface area contributed by atoms with E-state index < -0.39 is 5.97 Å². The van der Waals surface area contributed by atoms with Crippen molar-refractivity contribution < 1.29 is 9.90 Å². The van der Waals surface area contributed by atoms with Gasteiger partial charge in [-0.15, -0.1) is 0 Å². The molecule has 3 N–H and O–H groups in total. The normalized spacial score (nSPS) is 10.2. The largest absolute Gasteiger partial charge is 0.480 e. The molecule has 0 aliphatic heterocycles. The summed E-state index contributed by atoms with van der Waals surface area (Å²) in [6.45, 7) is 0.189. The quantitative estimate of drug-likeness (QED) is 0.827. The lowest BCUT2D eigenvalue weighted by molar-refractivity contribution is -0.135. The minimum Gasteiger partial charge on any atom is -0.480 e. The Morgan fingerprint density at radius 2 is 2.10 bits per heavy atom. The van der Waals surface area contributed by atoms with E-state index in [2.05, 4.69) is 4.98 Å². The first-order valence-corrected chi connectivity index (χ1v) is 6.35. The number of aliphatic carboxylic acids is 1. The fourth-order valence-electron chi connectivity index (χ4n) is 1.90. The molecule has 2 aromatic rings. The highest BCUT2D eigenvalue weighted by Gasteiger charge is 2.15. The summed E-state index contributed by atoms with van der Waals surface area (Å²) in [7, 11) is 0. The van der Waals surface area contributed by atoms with Crippen LogP contribution >= 0.6 is 11.6 Å². The number of hydrogen-bond acceptors (Lipinski definition) is 4. The molecule has 0 fully saturated rings. The van der Waals surface area contributed by atoms with Gasteiger partial charge in [0.05, 0.1) is 16.4 Å². The molecule has 1 heterocycles. The Kier molecular flexibility index (Phi) is 4.42. The number of nitrogens with zero attached hydrogens (tertiary/aromatic N) is 2. The number of nitrogen functional groups attached to an aromatic ring is 1. The van der Waals surface area contributed by atoms with E-state index in [0.29, 0.717) is 22.9 Å². The van der Waals surface area contributed by atoms with Crippen LogP contribution in [0.15, 0.2) is 42.7 Å². The zero-order valence-corrected chi connectivity index (χ0v) is 11.4. The Morgan fingerprint density at radius 3 is 2.75 bits per heavy atom. The van der Waals surface area contributed by atoms with Crippen molar-refractivity contribution in [1.82, 2.24) is 4.98 Å². The summed E-state index contributed by atoms with van der Waals surface area (Å²) in [5, 5.41) is 9.55. The van der Waals surface area contributed by atoms with Crippen molar-refractivity contribution in [3.8, 4) is 0 Å². The number of nitrogens with two attached hydrogens (primary N) is 1. The molecule has 0 saturated heterocycles. The van der Waals surface area contributed by atoms with Crippen LogP contribution in [0, 0.1) is 0 Å². The van der Waals surface area contributed by atoms with Gasteiger partial charge in [0.15, 0.2) is 0 Å². The predicted octanol–water partition coefficient (Wildman–Crippen LogP) is 2.41. The lowest BCUT2D eigenvalue weighted by Gasteiger charge is -2.24. The molecule has 0 amide bonds. The Hall–Kier alpha value is -2.27. The molecule has 0 saturated carbocycles. The fourth-order valence-corrected chi connectivity index (χ4v) is 2.08. The number of anilines is 2. The number of pyridine rings is 1. The number of hydrogen-bond donors (Lipinski definition) is 2. The van der Waals surface area contributed by atoms with Crippen LogP contribution < -0.4 is 10.6 Å². The summed E-state index contributed by atoms with van der Waals surface area (Å²) >= 11 is 6.06. The van der Waals surface area contributed by atoms with Gasteiger partial charge in [-0.1, -0.05) is 23.7 Å². The molecule has 0 radical (unpaired) electrons. The van der Waals surface area contributed by atoms with E-state index in [1.807, 2.05) is 6.07 Å². The standard InChI is InChI=1S/C14H14ClN3O2/c15-11-7-17-6-5-10(11)8-18(9-14(19)20)13-4-2-1-3-12(13)16/h1-7H,8-9,16H2,(H,19,20). The molecule has 104 valence electrons. The van der Waals surface area contributed by atoms with Crippen LogP contribution in [0.1, 0.15) is 5.56 Å². The summed E-state index contributed by atoms with van der Waals surface area (Å²) in [5.74, 6) is -0.932. The number of aromatic nitrogens is 1. The first kappa shape index (κ1) is 14.1. The second kappa shape index (κ2) is 6.25. The van der Waals surface area contributed by atoms with Gasteiger partial charge < -0.3 is 15.7 Å². The van der Waals surface area contributed by atoms with E-state index in [-0.39, 0.29) is 6.54 Å². The van der Waals surface area contributed by atoms with E-state index >= 15 is 0 Å². The summed E-state index contributed by atoms with van der Waals surface area (Å²) in [6.07, 6.45) is 3.15. The Bertz CT molecular complexity index is 619. The van der Waals surface area contributed by atoms with Gasteiger partial charge in [-0.3, -0.25) is 9.78 Å². The molecule has 1 aromatic carbocycles. The average Bonchev–Trinajstić information content (AvgIpc) is 2.40. The van der Waals surface area contributed by atoms with E-state index in [1.165, 1.54) is 6.20 Å². The van der Waals surface area contributed by atoms with Crippen LogP contribution in [0.3, 0.4) is 0 Å². The van der Waals surface area contributed by atoms with E-state index in [0.717, 1.165) is 5.56 Å². The molecular weight excluding hydrogens is 278 g/mol. The summed E-state index contributed by atoms with van der Waals surface area (Å²) < 4.78 is 0. The molecule has 0 aliphatic carbocycles. The molecule has 5 nitrogen and oxygen atoms in total. The van der Waals surface area contributed by atoms with Crippen molar-refractivity contribution >= 4 is 28.9 Å². The van der Waals surface area contributed by atoms with Crippen LogP contribution in [0.2, 0.25) is 5.02 Å². The molecule has 20 heavy (non-hydrogen) atoms. The van der Waals surface area contributed by atoms with Gasteiger partial charge >= 0.3 is 5.97 Å². The first-order valence-electron chi connectivity index (χ1n) is 5.97. The topological polar surface area (TPSA) is 79.5 Å². The van der Waals surface area contributed by atoms with Crippen molar-refractivity contribution in [3.05, 3.63) is 53.3 Å². The summed E-state index contributed by atoms with van der Waals surface area (Å²) in [6, 6.07) is 8.90. The fraction of sp³-hybridized carbons (Fsp3) is 0.143. The number of carbonyl (C=O) groups is 1. The lowest BCUT2D eigenvalue weighted by atomic mass is 10.2. The third-order valence-corrected chi connectivity index (χ3v) is 3.16. The highest BCUT2D eigenvalue weighted by molar-refractivity contribution is 6.31. The van der Waals surface area contributed by atoms with E-state index in [4.69, 9.17) is 22.4 Å². The molecule has 0 spiro atoms. The predicted molar refractivity (Wildman–Crippen MR) is 78.8 cm³/mol. The summed E-state index contributed by atoms with van der Waals surface area (Å²) in [4.78, 5) is 16.6. The SMILES string of the molecule is Nc1ccccc1N(CC(=O)O)Cc1ccncc1Cl. The van der Waals surface area contributed by atoms with Crippen LogP contribution in [0.25, 0.3) is 0 Å². The van der Waals surface area contributed by atoms with Gasteiger partial charge in [-0.25, -0.2) is 0 Å². The number of carboxylic acid groups (broad SMARTS) is 1. The van der Waals surface area contributed by atoms with Gasteiger partial charge in [-0.2, -0.15) is 0 Å². The maximum atomic E-state index is 11.0. The number of para-hydroxylation sites is 2. The van der Waals surface area contributed by atoms with Crippen LogP contribution in [0.5, 0.6) is 0 Å². The van der Waals surface area contributed by atoms with Crippen LogP contribution in [-0.4, -0.2) is 22.6 Å². The highest BCUT2D eigenvalue weighted by atomic mass is 35.5. The van der Waals surface area contributed by atoms with Crippen molar-refractivity contribution in [2.75, 3.05) is 17.2 Å². The third kappa shape index (κ3) is 3.39. The molecule has 0 bridgehead atoms. The number of carboxylic acids is 1. The van der Waals surface area contributed by atoms with E-state index in [9.17, 15) is 4.79 Å². The maximum Gasteiger partial charge on any atom is 0.323 e. The number of benzene rings is 1. The molecule has 6 heteroatoms. The monoisotopic (exact) mass is 291 g/mol. The molecule has 0 aliphatic rings. The maximum absolute atomic E-state index is 11.0. The zero-order chi connectivity index (χ0) is 14.5. The van der Waals surface area contributed by atoms with Crippen molar-refractivity contribution in [2.24, 2.45) is 0 Å². The Morgan fingerprint density at radius 1 is 1.35 bits per heavy atom. The first-order chi connectivity index (χ1) is 9.58. The molecule has 2 rings (SSSR count). The van der Waals surface area contributed by atoms with Crippen molar-refractivity contribution in [2.45, 2.75) is 6.54 Å². The zero-order valence-electron chi connectivity index (χ0n) is 10.7. The minimum absolute atomic E-state index is 0.160. The molecular formula is C14H14ClN3O2. The van der Waals surface area contributed by atoms with Gasteiger partial charge in [0.1, 0.15) is 6.54 Å². The van der Waals surface area contributed by atoms with Gasteiger partial charge in [-0.05, 0) is 23.8 Å². The third-order valence-electron chi connectivity index (χ3n) is 2.82. The average molecular weight is 292 g/mol. The van der Waals surface area contributed by atoms with Crippen LogP contribution in [0.4, 0.5) is 11.4 Å². The number of rotatable bonds is 5. The van der Waals surface area contributed by atoms with Crippen LogP contribution in [-0.2, 0) is 11.3 Å². The summed E-state index contributed by atoms with van der Waals surface area (Å²) in [5.41, 5.74) is 7.90. The second-order valence-corrected chi connectivity index (χ2v) is 4.68. The highest BCUT2D eigenvalue weighted by Crippen LogP contribution is 2.25. The van der Waals surface area contributed by atoms with Crippen molar-refractivity contribution in [3.63, 3.8) is 0 Å². The van der Waals surface area contributed by atoms with Gasteiger partial charge in [0.2, 0.25) is 0 Å². The molecule has 0 unspecified atom stereocenters. The van der Waals surface area contributed by atoms with Crippen molar-refractivity contribution in [1.29, 1.82) is 0 Å². The van der Waals surface area contributed by atoms with E-state index in [1.54, 1.807) is 35.4 Å². The minimum atomic E-state index is -0.932. The number of halogens is 1. The van der Waals surface area contributed by atoms with Gasteiger partial charge in [0, 0.05) is 18.9 Å².